The molecule has 2 rings (SSSR count). The number of nitrogens with zero attached hydrogens (tertiary/aromatic N) is 2. The highest BCUT2D eigenvalue weighted by molar-refractivity contribution is 9.11. The van der Waals surface area contributed by atoms with Crippen molar-refractivity contribution >= 4 is 37.3 Å². The zero-order chi connectivity index (χ0) is 14.9. The van der Waals surface area contributed by atoms with Crippen molar-refractivity contribution in [3.05, 3.63) is 33.6 Å². The van der Waals surface area contributed by atoms with Crippen molar-refractivity contribution in [3.8, 4) is 0 Å². The Kier molecular flexibility index (Phi) is 4.68. The van der Waals surface area contributed by atoms with E-state index in [1.54, 1.807) is 26.1 Å². The number of imidazole rings is 1. The van der Waals surface area contributed by atoms with E-state index in [1.165, 1.54) is 11.3 Å². The number of aromatic nitrogens is 2. The zero-order valence-electron chi connectivity index (χ0n) is 11.4. The zero-order valence-corrected chi connectivity index (χ0v) is 14.6. The van der Waals surface area contributed by atoms with Gasteiger partial charge in [0.05, 0.1) is 9.83 Å². The van der Waals surface area contributed by atoms with Gasteiger partial charge in [0.1, 0.15) is 10.0 Å². The van der Waals surface area contributed by atoms with Crippen molar-refractivity contribution in [2.75, 3.05) is 0 Å². The third-order valence-electron chi connectivity index (χ3n) is 2.89. The topological polar surface area (TPSA) is 64.0 Å². The molecular formula is C12H16BrN3O2S2. The van der Waals surface area contributed by atoms with Crippen molar-refractivity contribution < 1.29 is 8.42 Å². The maximum absolute atomic E-state index is 12.4. The second-order valence-electron chi connectivity index (χ2n) is 4.44. The number of hydrogen-bond acceptors (Lipinski definition) is 4. The van der Waals surface area contributed by atoms with Gasteiger partial charge in [-0.25, -0.2) is 18.1 Å². The van der Waals surface area contributed by atoms with Crippen LogP contribution in [0.3, 0.4) is 0 Å². The number of aryl methyl sites for hydroxylation is 2. The van der Waals surface area contributed by atoms with Crippen LogP contribution in [0, 0.1) is 6.92 Å². The van der Waals surface area contributed by atoms with Crippen LogP contribution in [0.5, 0.6) is 0 Å². The van der Waals surface area contributed by atoms with E-state index in [-0.39, 0.29) is 6.04 Å². The average molecular weight is 378 g/mol. The Morgan fingerprint density at radius 1 is 1.55 bits per heavy atom. The summed E-state index contributed by atoms with van der Waals surface area (Å²) in [4.78, 5) is 4.22. The van der Waals surface area contributed by atoms with E-state index in [1.807, 2.05) is 17.7 Å². The van der Waals surface area contributed by atoms with Crippen molar-refractivity contribution in [1.82, 2.24) is 14.3 Å². The summed E-state index contributed by atoms with van der Waals surface area (Å²) in [6.07, 6.45) is 3.52. The number of nitrogens with one attached hydrogen (secondary N) is 1. The van der Waals surface area contributed by atoms with E-state index in [0.717, 1.165) is 15.9 Å². The van der Waals surface area contributed by atoms with Gasteiger partial charge < -0.3 is 4.57 Å². The van der Waals surface area contributed by atoms with Gasteiger partial charge in [0.15, 0.2) is 0 Å². The van der Waals surface area contributed by atoms with E-state index < -0.39 is 10.0 Å². The molecule has 0 aliphatic heterocycles. The first-order valence-corrected chi connectivity index (χ1v) is 9.23. The highest BCUT2D eigenvalue weighted by Crippen LogP contribution is 2.31. The van der Waals surface area contributed by atoms with Gasteiger partial charge in [0, 0.05) is 18.9 Å². The van der Waals surface area contributed by atoms with E-state index in [2.05, 4.69) is 25.6 Å². The van der Waals surface area contributed by atoms with Gasteiger partial charge >= 0.3 is 0 Å². The normalized spacial score (nSPS) is 13.6. The van der Waals surface area contributed by atoms with Gasteiger partial charge in [-0.05, 0) is 48.3 Å². The molecule has 0 amide bonds. The van der Waals surface area contributed by atoms with E-state index >= 15 is 0 Å². The fourth-order valence-corrected chi connectivity index (χ4v) is 5.80. The predicted molar refractivity (Wildman–Crippen MR) is 83.4 cm³/mol. The largest absolute Gasteiger partial charge is 0.334 e. The number of sulfonamides is 1. The van der Waals surface area contributed by atoms with Gasteiger partial charge in [0.25, 0.3) is 10.0 Å². The molecule has 0 bridgehead atoms. The second-order valence-corrected chi connectivity index (χ2v) is 8.78. The molecule has 0 aromatic carbocycles. The van der Waals surface area contributed by atoms with Gasteiger partial charge in [-0.2, -0.15) is 0 Å². The summed E-state index contributed by atoms with van der Waals surface area (Å²) < 4.78 is 30.6. The maximum Gasteiger partial charge on any atom is 0.251 e. The first-order valence-electron chi connectivity index (χ1n) is 6.14. The van der Waals surface area contributed by atoms with E-state index in [9.17, 15) is 8.42 Å². The van der Waals surface area contributed by atoms with Crippen molar-refractivity contribution in [2.45, 2.75) is 37.6 Å². The summed E-state index contributed by atoms with van der Waals surface area (Å²) in [7, 11) is -3.54. The Balaban J connectivity index is 2.27. The van der Waals surface area contributed by atoms with Gasteiger partial charge in [-0.3, -0.25) is 0 Å². The Hall–Kier alpha value is -0.700. The smallest absolute Gasteiger partial charge is 0.251 e. The third-order valence-corrected chi connectivity index (χ3v) is 6.81. The molecule has 2 aromatic heterocycles. The van der Waals surface area contributed by atoms with Crippen molar-refractivity contribution in [1.29, 1.82) is 0 Å². The fraction of sp³-hybridized carbons (Fsp3) is 0.417. The quantitative estimate of drug-likeness (QED) is 0.870. The molecule has 0 aliphatic carbocycles. The molecule has 0 aliphatic rings. The lowest BCUT2D eigenvalue weighted by Crippen LogP contribution is -2.28. The monoisotopic (exact) mass is 377 g/mol. The minimum absolute atomic E-state index is 0.339. The van der Waals surface area contributed by atoms with Crippen LogP contribution in [0.2, 0.25) is 0 Å². The fourth-order valence-electron chi connectivity index (χ4n) is 2.00. The highest BCUT2D eigenvalue weighted by atomic mass is 79.9. The van der Waals surface area contributed by atoms with Gasteiger partial charge in [-0.15, -0.1) is 11.3 Å². The lowest BCUT2D eigenvalue weighted by molar-refractivity contribution is 0.548. The maximum atomic E-state index is 12.4. The van der Waals surface area contributed by atoms with Crippen LogP contribution < -0.4 is 4.72 Å². The van der Waals surface area contributed by atoms with Crippen molar-refractivity contribution in [2.24, 2.45) is 0 Å². The Morgan fingerprint density at radius 2 is 2.25 bits per heavy atom. The molecule has 0 radical (unpaired) electrons. The molecule has 1 N–H and O–H groups in total. The van der Waals surface area contributed by atoms with Gasteiger partial charge in [-0.1, -0.05) is 0 Å². The van der Waals surface area contributed by atoms with Crippen LogP contribution in [0.4, 0.5) is 0 Å². The molecular weight excluding hydrogens is 362 g/mol. The SMILES string of the molecule is CCn1ccnc1C(C)NS(=O)(=O)c1sc(Br)cc1C. The predicted octanol–water partition coefficient (Wildman–Crippen LogP) is 3.07. The average Bonchev–Trinajstić information content (AvgIpc) is 2.94. The van der Waals surface area contributed by atoms with Gasteiger partial charge in [0.2, 0.25) is 0 Å². The number of rotatable bonds is 5. The Morgan fingerprint density at radius 3 is 2.80 bits per heavy atom. The third kappa shape index (κ3) is 3.13. The van der Waals surface area contributed by atoms with Crippen LogP contribution in [-0.2, 0) is 16.6 Å². The summed E-state index contributed by atoms with van der Waals surface area (Å²) in [6, 6.07) is 1.42. The Bertz CT molecular complexity index is 706. The van der Waals surface area contributed by atoms with Crippen LogP contribution in [0.15, 0.2) is 26.5 Å². The molecule has 0 spiro atoms. The molecule has 1 atom stereocenters. The van der Waals surface area contributed by atoms with Crippen LogP contribution in [0.25, 0.3) is 0 Å². The Labute approximate surface area is 131 Å². The van der Waals surface area contributed by atoms with Crippen LogP contribution >= 0.6 is 27.3 Å². The summed E-state index contributed by atoms with van der Waals surface area (Å²) >= 11 is 4.52. The number of thiophene rings is 1. The number of halogens is 1. The molecule has 0 fully saturated rings. The minimum Gasteiger partial charge on any atom is -0.334 e. The molecule has 2 heterocycles. The molecule has 0 saturated heterocycles. The number of hydrogen-bond donors (Lipinski definition) is 1. The van der Waals surface area contributed by atoms with E-state index in [0.29, 0.717) is 10.0 Å². The first kappa shape index (κ1) is 15.7. The molecule has 0 saturated carbocycles. The van der Waals surface area contributed by atoms with Crippen molar-refractivity contribution in [3.63, 3.8) is 0 Å². The molecule has 2 aromatic rings. The summed E-state index contributed by atoms with van der Waals surface area (Å²) in [5, 5.41) is 0. The summed E-state index contributed by atoms with van der Waals surface area (Å²) in [5.74, 6) is 0.712. The standard InChI is InChI=1S/C12H16BrN3O2S2/c1-4-16-6-5-14-11(16)9(3)15-20(17,18)12-8(2)7-10(13)19-12/h5-7,9,15H,4H2,1-3H3. The first-order chi connectivity index (χ1) is 9.35. The van der Waals surface area contributed by atoms with Crippen LogP contribution in [0.1, 0.15) is 31.3 Å². The highest BCUT2D eigenvalue weighted by Gasteiger charge is 2.24. The molecule has 5 nitrogen and oxygen atoms in total. The molecule has 20 heavy (non-hydrogen) atoms. The van der Waals surface area contributed by atoms with Crippen LogP contribution in [-0.4, -0.2) is 18.0 Å². The lowest BCUT2D eigenvalue weighted by atomic mass is 10.3. The molecule has 1 unspecified atom stereocenters. The minimum atomic E-state index is -3.54. The lowest BCUT2D eigenvalue weighted by Gasteiger charge is -2.14. The van der Waals surface area contributed by atoms with E-state index in [4.69, 9.17) is 0 Å². The summed E-state index contributed by atoms with van der Waals surface area (Å²) in [5.41, 5.74) is 0.736. The molecule has 8 heteroatoms. The summed E-state index contributed by atoms with van der Waals surface area (Å²) in [6.45, 7) is 6.33. The molecule has 110 valence electrons. The second kappa shape index (κ2) is 5.97.